The van der Waals surface area contributed by atoms with Crippen LogP contribution in [0.2, 0.25) is 5.02 Å². The van der Waals surface area contributed by atoms with Gasteiger partial charge in [-0.3, -0.25) is 0 Å². The Labute approximate surface area is 125 Å². The van der Waals surface area contributed by atoms with Gasteiger partial charge in [0.2, 0.25) is 0 Å². The number of ether oxygens (including phenoxy) is 3. The first kappa shape index (κ1) is 15.4. The van der Waals surface area contributed by atoms with E-state index >= 15 is 0 Å². The second-order valence-corrected chi connectivity index (χ2v) is 5.63. The first-order chi connectivity index (χ1) is 9.60. The number of hydrogen-bond acceptors (Lipinski definition) is 4. The van der Waals surface area contributed by atoms with Crippen LogP contribution in [0.15, 0.2) is 12.1 Å². The standard InChI is InChI=1S/C15H22ClNO3/c1-10(17)7-11-8-13(16)15(14(9-11)18-2)20-12-3-5-19-6-4-12/h8-10,12H,3-7,17H2,1-2H3. The van der Waals surface area contributed by atoms with Crippen molar-refractivity contribution >= 4 is 11.6 Å². The summed E-state index contributed by atoms with van der Waals surface area (Å²) < 4.78 is 16.7. The molecule has 1 aromatic rings. The van der Waals surface area contributed by atoms with Crippen LogP contribution in [-0.4, -0.2) is 32.5 Å². The molecule has 0 bridgehead atoms. The van der Waals surface area contributed by atoms with Crippen molar-refractivity contribution in [1.82, 2.24) is 0 Å². The van der Waals surface area contributed by atoms with Gasteiger partial charge in [-0.25, -0.2) is 0 Å². The SMILES string of the molecule is COc1cc(CC(C)N)cc(Cl)c1OC1CCOCC1. The quantitative estimate of drug-likeness (QED) is 0.908. The molecule has 1 aliphatic rings. The molecule has 0 saturated carbocycles. The molecule has 1 saturated heterocycles. The lowest BCUT2D eigenvalue weighted by atomic mass is 10.1. The summed E-state index contributed by atoms with van der Waals surface area (Å²) >= 11 is 6.34. The van der Waals surface area contributed by atoms with Crippen LogP contribution in [0.1, 0.15) is 25.3 Å². The molecule has 4 nitrogen and oxygen atoms in total. The number of halogens is 1. The van der Waals surface area contributed by atoms with Crippen LogP contribution >= 0.6 is 11.6 Å². The molecule has 0 radical (unpaired) electrons. The van der Waals surface area contributed by atoms with E-state index in [1.54, 1.807) is 7.11 Å². The van der Waals surface area contributed by atoms with Crippen molar-refractivity contribution in [1.29, 1.82) is 0 Å². The van der Waals surface area contributed by atoms with E-state index < -0.39 is 0 Å². The van der Waals surface area contributed by atoms with E-state index in [1.807, 2.05) is 19.1 Å². The molecule has 112 valence electrons. The fraction of sp³-hybridized carbons (Fsp3) is 0.600. The van der Waals surface area contributed by atoms with Crippen LogP contribution in [0.3, 0.4) is 0 Å². The summed E-state index contributed by atoms with van der Waals surface area (Å²) in [6.07, 6.45) is 2.64. The minimum atomic E-state index is 0.0815. The summed E-state index contributed by atoms with van der Waals surface area (Å²) in [6.45, 7) is 3.42. The number of rotatable bonds is 5. The van der Waals surface area contributed by atoms with Crippen molar-refractivity contribution in [2.24, 2.45) is 5.73 Å². The first-order valence-electron chi connectivity index (χ1n) is 6.96. The molecular weight excluding hydrogens is 278 g/mol. The van der Waals surface area contributed by atoms with Gasteiger partial charge in [-0.1, -0.05) is 11.6 Å². The number of benzene rings is 1. The molecule has 0 spiro atoms. The average Bonchev–Trinajstić information content (AvgIpc) is 2.42. The lowest BCUT2D eigenvalue weighted by molar-refractivity contribution is 0.0246. The molecule has 1 heterocycles. The summed E-state index contributed by atoms with van der Waals surface area (Å²) in [6, 6.07) is 3.93. The summed E-state index contributed by atoms with van der Waals surface area (Å²) in [7, 11) is 1.62. The van der Waals surface area contributed by atoms with Crippen LogP contribution in [-0.2, 0) is 11.2 Å². The fourth-order valence-corrected chi connectivity index (χ4v) is 2.62. The highest BCUT2D eigenvalue weighted by molar-refractivity contribution is 6.32. The zero-order chi connectivity index (χ0) is 14.5. The first-order valence-corrected chi connectivity index (χ1v) is 7.34. The smallest absolute Gasteiger partial charge is 0.180 e. The van der Waals surface area contributed by atoms with Crippen molar-refractivity contribution in [2.45, 2.75) is 38.3 Å². The third kappa shape index (κ3) is 4.01. The number of hydrogen-bond donors (Lipinski definition) is 1. The van der Waals surface area contributed by atoms with Gasteiger partial charge in [0.05, 0.1) is 25.3 Å². The van der Waals surface area contributed by atoms with E-state index in [9.17, 15) is 0 Å². The maximum Gasteiger partial charge on any atom is 0.180 e. The predicted molar refractivity (Wildman–Crippen MR) is 79.8 cm³/mol. The maximum atomic E-state index is 6.34. The molecule has 1 unspecified atom stereocenters. The van der Waals surface area contributed by atoms with Crippen molar-refractivity contribution in [2.75, 3.05) is 20.3 Å². The molecule has 1 fully saturated rings. The molecule has 0 aliphatic carbocycles. The lowest BCUT2D eigenvalue weighted by Crippen LogP contribution is -2.26. The highest BCUT2D eigenvalue weighted by Gasteiger charge is 2.20. The zero-order valence-electron chi connectivity index (χ0n) is 12.0. The number of nitrogens with two attached hydrogens (primary N) is 1. The normalized spacial score (nSPS) is 17.8. The Morgan fingerprint density at radius 2 is 2.10 bits per heavy atom. The van der Waals surface area contributed by atoms with Crippen LogP contribution in [0, 0.1) is 0 Å². The summed E-state index contributed by atoms with van der Waals surface area (Å²) in [5.74, 6) is 1.29. The second-order valence-electron chi connectivity index (χ2n) is 5.22. The summed E-state index contributed by atoms with van der Waals surface area (Å²) in [5, 5.41) is 0.575. The van der Waals surface area contributed by atoms with Gasteiger partial charge in [0.15, 0.2) is 11.5 Å². The van der Waals surface area contributed by atoms with Gasteiger partial charge >= 0.3 is 0 Å². The van der Waals surface area contributed by atoms with Crippen molar-refractivity contribution in [3.8, 4) is 11.5 Å². The molecule has 1 atom stereocenters. The van der Waals surface area contributed by atoms with Crippen LogP contribution in [0.4, 0.5) is 0 Å². The topological polar surface area (TPSA) is 53.7 Å². The zero-order valence-corrected chi connectivity index (χ0v) is 12.8. The summed E-state index contributed by atoms with van der Waals surface area (Å²) in [4.78, 5) is 0. The fourth-order valence-electron chi connectivity index (χ4n) is 2.34. The highest BCUT2D eigenvalue weighted by atomic mass is 35.5. The minimum Gasteiger partial charge on any atom is -0.493 e. The number of methoxy groups -OCH3 is 1. The van der Waals surface area contributed by atoms with Crippen molar-refractivity contribution < 1.29 is 14.2 Å². The van der Waals surface area contributed by atoms with Crippen LogP contribution in [0.5, 0.6) is 11.5 Å². The Kier molecular flexibility index (Phi) is 5.52. The third-order valence-corrected chi connectivity index (χ3v) is 3.58. The van der Waals surface area contributed by atoms with Gasteiger partial charge < -0.3 is 19.9 Å². The monoisotopic (exact) mass is 299 g/mol. The maximum absolute atomic E-state index is 6.34. The van der Waals surface area contributed by atoms with Gasteiger partial charge in [-0.2, -0.15) is 0 Å². The van der Waals surface area contributed by atoms with E-state index in [0.29, 0.717) is 16.5 Å². The predicted octanol–water partition coefficient (Wildman–Crippen LogP) is 2.80. The van der Waals surface area contributed by atoms with Gasteiger partial charge in [0.25, 0.3) is 0 Å². The molecule has 20 heavy (non-hydrogen) atoms. The molecule has 1 aromatic carbocycles. The van der Waals surface area contributed by atoms with E-state index in [4.69, 9.17) is 31.5 Å². The Morgan fingerprint density at radius 3 is 2.70 bits per heavy atom. The largest absolute Gasteiger partial charge is 0.493 e. The summed E-state index contributed by atoms with van der Waals surface area (Å²) in [5.41, 5.74) is 6.88. The van der Waals surface area contributed by atoms with Crippen molar-refractivity contribution in [3.05, 3.63) is 22.7 Å². The molecule has 5 heteroatoms. The lowest BCUT2D eigenvalue weighted by Gasteiger charge is -2.25. The van der Waals surface area contributed by atoms with Crippen LogP contribution < -0.4 is 15.2 Å². The van der Waals surface area contributed by atoms with E-state index in [1.165, 1.54) is 0 Å². The van der Waals surface area contributed by atoms with E-state index in [-0.39, 0.29) is 12.1 Å². The van der Waals surface area contributed by atoms with Gasteiger partial charge in [0, 0.05) is 18.9 Å². The molecule has 2 N–H and O–H groups in total. The molecule has 0 amide bonds. The Hall–Kier alpha value is -0.970. The molecule has 2 rings (SSSR count). The molecule has 1 aliphatic heterocycles. The average molecular weight is 300 g/mol. The van der Waals surface area contributed by atoms with Gasteiger partial charge in [-0.15, -0.1) is 0 Å². The van der Waals surface area contributed by atoms with Crippen molar-refractivity contribution in [3.63, 3.8) is 0 Å². The van der Waals surface area contributed by atoms with Gasteiger partial charge in [-0.05, 0) is 31.0 Å². The second kappa shape index (κ2) is 7.16. The Bertz CT molecular complexity index is 445. The van der Waals surface area contributed by atoms with E-state index in [2.05, 4.69) is 0 Å². The van der Waals surface area contributed by atoms with Crippen LogP contribution in [0.25, 0.3) is 0 Å². The third-order valence-electron chi connectivity index (χ3n) is 3.30. The highest BCUT2D eigenvalue weighted by Crippen LogP contribution is 2.38. The Balaban J connectivity index is 2.18. The molecule has 0 aromatic heterocycles. The Morgan fingerprint density at radius 1 is 1.40 bits per heavy atom. The minimum absolute atomic E-state index is 0.0815. The van der Waals surface area contributed by atoms with E-state index in [0.717, 1.165) is 38.0 Å². The molecular formula is C15H22ClNO3. The van der Waals surface area contributed by atoms with Gasteiger partial charge in [0.1, 0.15) is 6.10 Å².